The number of ether oxygens (including phenoxy) is 2. The summed E-state index contributed by atoms with van der Waals surface area (Å²) in [5.74, 6) is 1.06. The summed E-state index contributed by atoms with van der Waals surface area (Å²) in [5.41, 5.74) is 3.40. The van der Waals surface area contributed by atoms with Gasteiger partial charge in [0, 0.05) is 31.6 Å². The molecule has 132 valence electrons. The van der Waals surface area contributed by atoms with E-state index < -0.39 is 0 Å². The molecule has 0 atom stereocenters. The minimum Gasteiger partial charge on any atom is -0.498 e. The number of hydrogen-bond acceptors (Lipinski definition) is 4. The minimum atomic E-state index is 0.0461. The summed E-state index contributed by atoms with van der Waals surface area (Å²) in [4.78, 5) is 4.59. The van der Waals surface area contributed by atoms with Gasteiger partial charge in [-0.15, -0.1) is 0 Å². The SMILES string of the molecule is CCOCCCOC1=CC=C(c2ccc(NC(C)(C)C)cn2)CC1. The van der Waals surface area contributed by atoms with Crippen LogP contribution in [0, 0.1) is 0 Å². The standard InChI is InChI=1S/C20H30N2O2/c1-5-23-13-6-14-24-18-10-7-16(8-11-18)19-12-9-17(15-21-19)22-20(2,3)4/h7,9-10,12,15,22H,5-6,8,11,13-14H2,1-4H3. The Balaban J connectivity index is 1.87. The molecule has 0 saturated heterocycles. The molecular weight excluding hydrogens is 300 g/mol. The first kappa shape index (κ1) is 18.5. The number of nitrogens with zero attached hydrogens (tertiary/aromatic N) is 1. The number of pyridine rings is 1. The average Bonchev–Trinajstić information content (AvgIpc) is 2.55. The molecule has 2 rings (SSSR count). The predicted octanol–water partition coefficient (Wildman–Crippen LogP) is 4.80. The third-order valence-corrected chi connectivity index (χ3v) is 3.65. The van der Waals surface area contributed by atoms with Gasteiger partial charge in [-0.25, -0.2) is 0 Å². The average molecular weight is 330 g/mol. The van der Waals surface area contributed by atoms with E-state index in [9.17, 15) is 0 Å². The fourth-order valence-electron chi connectivity index (χ4n) is 2.55. The highest BCUT2D eigenvalue weighted by atomic mass is 16.5. The topological polar surface area (TPSA) is 43.4 Å². The molecule has 1 aromatic rings. The van der Waals surface area contributed by atoms with Crippen molar-refractivity contribution in [2.24, 2.45) is 0 Å². The lowest BCUT2D eigenvalue weighted by atomic mass is 10.00. The van der Waals surface area contributed by atoms with E-state index in [1.54, 1.807) is 0 Å². The first-order valence-electron chi connectivity index (χ1n) is 8.83. The summed E-state index contributed by atoms with van der Waals surface area (Å²) in [7, 11) is 0. The molecule has 1 aromatic heterocycles. The third-order valence-electron chi connectivity index (χ3n) is 3.65. The van der Waals surface area contributed by atoms with Crippen molar-refractivity contribution in [1.29, 1.82) is 0 Å². The summed E-state index contributed by atoms with van der Waals surface area (Å²) in [6, 6.07) is 4.18. The van der Waals surface area contributed by atoms with Crippen molar-refractivity contribution in [2.45, 2.75) is 52.5 Å². The van der Waals surface area contributed by atoms with Crippen LogP contribution in [0.1, 0.15) is 52.7 Å². The van der Waals surface area contributed by atoms with Crippen molar-refractivity contribution < 1.29 is 9.47 Å². The third kappa shape index (κ3) is 6.36. The number of nitrogens with one attached hydrogen (secondary N) is 1. The van der Waals surface area contributed by atoms with Gasteiger partial charge in [0.2, 0.25) is 0 Å². The van der Waals surface area contributed by atoms with E-state index in [1.165, 1.54) is 5.57 Å². The predicted molar refractivity (Wildman–Crippen MR) is 100.0 cm³/mol. The Labute approximate surface area is 146 Å². The van der Waals surface area contributed by atoms with Crippen LogP contribution in [-0.2, 0) is 9.47 Å². The fourth-order valence-corrected chi connectivity index (χ4v) is 2.55. The second-order valence-corrected chi connectivity index (χ2v) is 7.03. The zero-order valence-electron chi connectivity index (χ0n) is 15.4. The number of aromatic nitrogens is 1. The van der Waals surface area contributed by atoms with Gasteiger partial charge in [0.1, 0.15) is 0 Å². The Morgan fingerprint density at radius 1 is 1.12 bits per heavy atom. The van der Waals surface area contributed by atoms with Gasteiger partial charge in [-0.3, -0.25) is 4.98 Å². The maximum absolute atomic E-state index is 5.79. The highest BCUT2D eigenvalue weighted by Crippen LogP contribution is 2.27. The van der Waals surface area contributed by atoms with Crippen LogP contribution in [0.5, 0.6) is 0 Å². The molecule has 1 heterocycles. The van der Waals surface area contributed by atoms with Crippen molar-refractivity contribution in [3.05, 3.63) is 41.9 Å². The molecule has 24 heavy (non-hydrogen) atoms. The second kappa shape index (κ2) is 8.88. The molecule has 0 unspecified atom stereocenters. The maximum Gasteiger partial charge on any atom is 0.0963 e. The Morgan fingerprint density at radius 2 is 1.96 bits per heavy atom. The Bertz CT molecular complexity index is 568. The van der Waals surface area contributed by atoms with Crippen LogP contribution in [-0.4, -0.2) is 30.3 Å². The van der Waals surface area contributed by atoms with E-state index in [0.29, 0.717) is 0 Å². The number of allylic oxidation sites excluding steroid dienone is 4. The zero-order chi connectivity index (χ0) is 17.4. The van der Waals surface area contributed by atoms with Gasteiger partial charge >= 0.3 is 0 Å². The molecule has 0 amide bonds. The van der Waals surface area contributed by atoms with Crippen LogP contribution in [0.25, 0.3) is 5.57 Å². The van der Waals surface area contributed by atoms with Crippen molar-refractivity contribution in [3.8, 4) is 0 Å². The second-order valence-electron chi connectivity index (χ2n) is 7.03. The van der Waals surface area contributed by atoms with Gasteiger partial charge in [0.15, 0.2) is 0 Å². The van der Waals surface area contributed by atoms with Crippen molar-refractivity contribution >= 4 is 11.3 Å². The van der Waals surface area contributed by atoms with Gasteiger partial charge < -0.3 is 14.8 Å². The van der Waals surface area contributed by atoms with Crippen molar-refractivity contribution in [2.75, 3.05) is 25.1 Å². The molecule has 0 aliphatic heterocycles. The van der Waals surface area contributed by atoms with E-state index in [2.05, 4.69) is 55.4 Å². The fraction of sp³-hybridized carbons (Fsp3) is 0.550. The van der Waals surface area contributed by atoms with E-state index in [-0.39, 0.29) is 5.54 Å². The maximum atomic E-state index is 5.79. The number of hydrogen-bond donors (Lipinski definition) is 1. The minimum absolute atomic E-state index is 0.0461. The summed E-state index contributed by atoms with van der Waals surface area (Å²) >= 11 is 0. The summed E-state index contributed by atoms with van der Waals surface area (Å²) in [6.45, 7) is 10.7. The largest absolute Gasteiger partial charge is 0.498 e. The molecular formula is C20H30N2O2. The molecule has 1 aliphatic carbocycles. The molecule has 4 heteroatoms. The van der Waals surface area contributed by atoms with Gasteiger partial charge in [-0.05, 0) is 57.9 Å². The van der Waals surface area contributed by atoms with Crippen LogP contribution < -0.4 is 5.32 Å². The lowest BCUT2D eigenvalue weighted by molar-refractivity contribution is 0.113. The Hall–Kier alpha value is -1.81. The molecule has 0 spiro atoms. The van der Waals surface area contributed by atoms with Crippen LogP contribution in [0.2, 0.25) is 0 Å². The zero-order valence-corrected chi connectivity index (χ0v) is 15.4. The lowest BCUT2D eigenvalue weighted by Gasteiger charge is -2.22. The Morgan fingerprint density at radius 3 is 2.54 bits per heavy atom. The number of anilines is 1. The lowest BCUT2D eigenvalue weighted by Crippen LogP contribution is -2.26. The van der Waals surface area contributed by atoms with Gasteiger partial charge in [0.05, 0.1) is 29.9 Å². The molecule has 1 aliphatic rings. The molecule has 0 aromatic carbocycles. The molecule has 1 N–H and O–H groups in total. The molecule has 0 radical (unpaired) electrons. The van der Waals surface area contributed by atoms with E-state index >= 15 is 0 Å². The molecule has 0 saturated carbocycles. The molecule has 0 bridgehead atoms. The van der Waals surface area contributed by atoms with Crippen LogP contribution in [0.3, 0.4) is 0 Å². The summed E-state index contributed by atoms with van der Waals surface area (Å²) in [5, 5.41) is 3.43. The first-order valence-corrected chi connectivity index (χ1v) is 8.83. The highest BCUT2D eigenvalue weighted by Gasteiger charge is 2.12. The van der Waals surface area contributed by atoms with Gasteiger partial charge in [-0.2, -0.15) is 0 Å². The van der Waals surface area contributed by atoms with Gasteiger partial charge in [0.25, 0.3) is 0 Å². The number of rotatable bonds is 8. The summed E-state index contributed by atoms with van der Waals surface area (Å²) < 4.78 is 11.1. The Kier molecular flexibility index (Phi) is 6.85. The van der Waals surface area contributed by atoms with Crippen molar-refractivity contribution in [3.63, 3.8) is 0 Å². The van der Waals surface area contributed by atoms with Crippen LogP contribution in [0.4, 0.5) is 5.69 Å². The first-order chi connectivity index (χ1) is 11.5. The quantitative estimate of drug-likeness (QED) is 0.696. The van der Waals surface area contributed by atoms with Crippen LogP contribution >= 0.6 is 0 Å². The molecule has 0 fully saturated rings. The highest BCUT2D eigenvalue weighted by molar-refractivity contribution is 5.66. The smallest absolute Gasteiger partial charge is 0.0963 e. The van der Waals surface area contributed by atoms with E-state index in [0.717, 1.165) is 56.2 Å². The van der Waals surface area contributed by atoms with E-state index in [4.69, 9.17) is 9.47 Å². The van der Waals surface area contributed by atoms with Gasteiger partial charge in [-0.1, -0.05) is 6.08 Å². The monoisotopic (exact) mass is 330 g/mol. The van der Waals surface area contributed by atoms with Crippen LogP contribution in [0.15, 0.2) is 36.2 Å². The molecule has 4 nitrogen and oxygen atoms in total. The van der Waals surface area contributed by atoms with Crippen molar-refractivity contribution in [1.82, 2.24) is 4.98 Å². The summed E-state index contributed by atoms with van der Waals surface area (Å²) in [6.07, 6.45) is 8.94. The normalized spacial score (nSPS) is 14.8. The van der Waals surface area contributed by atoms with E-state index in [1.807, 2.05) is 13.1 Å².